The van der Waals surface area contributed by atoms with Gasteiger partial charge in [-0.2, -0.15) is 18.3 Å². The summed E-state index contributed by atoms with van der Waals surface area (Å²) in [6, 6.07) is 15.7. The van der Waals surface area contributed by atoms with E-state index in [4.69, 9.17) is 0 Å². The summed E-state index contributed by atoms with van der Waals surface area (Å²) >= 11 is 0. The van der Waals surface area contributed by atoms with E-state index in [1.54, 1.807) is 0 Å². The van der Waals surface area contributed by atoms with Crippen molar-refractivity contribution in [3.8, 4) is 0 Å². The summed E-state index contributed by atoms with van der Waals surface area (Å²) in [5.74, 6) is -0.339. The minimum absolute atomic E-state index is 0.0489. The molecule has 2 heterocycles. The number of halogens is 3. The highest BCUT2D eigenvalue weighted by Gasteiger charge is 2.46. The number of carbonyl (C=O) groups is 1. The highest BCUT2D eigenvalue weighted by atomic mass is 19.4. The third-order valence-electron chi connectivity index (χ3n) is 5.20. The van der Waals surface area contributed by atoms with Gasteiger partial charge < -0.3 is 10.6 Å². The summed E-state index contributed by atoms with van der Waals surface area (Å²) < 4.78 is 42.2. The third kappa shape index (κ3) is 4.17. The van der Waals surface area contributed by atoms with Crippen molar-refractivity contribution in [2.24, 2.45) is 0 Å². The number of amides is 1. The summed E-state index contributed by atoms with van der Waals surface area (Å²) in [5, 5.41) is 9.78. The molecule has 1 aliphatic rings. The topological polar surface area (TPSA) is 59.0 Å². The van der Waals surface area contributed by atoms with Crippen LogP contribution >= 0.6 is 0 Å². The number of benzene rings is 2. The zero-order chi connectivity index (χ0) is 21.3. The van der Waals surface area contributed by atoms with Crippen LogP contribution in [0.2, 0.25) is 0 Å². The van der Waals surface area contributed by atoms with Gasteiger partial charge in [0.2, 0.25) is 0 Å². The lowest BCUT2D eigenvalue weighted by Crippen LogP contribution is -2.35. The van der Waals surface area contributed by atoms with E-state index in [0.29, 0.717) is 0 Å². The molecule has 4 rings (SSSR count). The number of aryl methyl sites for hydroxylation is 1. The number of anilines is 1. The van der Waals surface area contributed by atoms with Gasteiger partial charge >= 0.3 is 6.18 Å². The Morgan fingerprint density at radius 3 is 2.53 bits per heavy atom. The zero-order valence-electron chi connectivity index (χ0n) is 16.3. The van der Waals surface area contributed by atoms with Gasteiger partial charge in [0.05, 0.1) is 6.04 Å². The second-order valence-electron chi connectivity index (χ2n) is 7.43. The van der Waals surface area contributed by atoms with Gasteiger partial charge in [-0.1, -0.05) is 60.2 Å². The lowest BCUT2D eigenvalue weighted by Gasteiger charge is -2.33. The molecule has 0 aliphatic carbocycles. The minimum Gasteiger partial charge on any atom is -0.363 e. The van der Waals surface area contributed by atoms with Crippen LogP contribution < -0.4 is 10.6 Å². The Bertz CT molecular complexity index is 1030. The van der Waals surface area contributed by atoms with Crippen LogP contribution in [0.5, 0.6) is 0 Å². The van der Waals surface area contributed by atoms with Crippen LogP contribution in [-0.4, -0.2) is 21.9 Å². The number of fused-ring (bicyclic) bond motifs is 1. The van der Waals surface area contributed by atoms with E-state index in [1.807, 2.05) is 61.5 Å². The van der Waals surface area contributed by atoms with Crippen molar-refractivity contribution >= 4 is 11.7 Å². The number of hydrogen-bond acceptors (Lipinski definition) is 3. The summed E-state index contributed by atoms with van der Waals surface area (Å²) in [6.07, 6.45) is -4.68. The van der Waals surface area contributed by atoms with Crippen molar-refractivity contribution in [1.82, 2.24) is 15.1 Å². The molecule has 5 nitrogen and oxygen atoms in total. The lowest BCUT2D eigenvalue weighted by atomic mass is 9.96. The fourth-order valence-corrected chi connectivity index (χ4v) is 3.57. The van der Waals surface area contributed by atoms with Gasteiger partial charge in [0.15, 0.2) is 11.7 Å². The van der Waals surface area contributed by atoms with Crippen molar-refractivity contribution in [2.75, 3.05) is 5.32 Å². The second-order valence-corrected chi connectivity index (χ2v) is 7.43. The smallest absolute Gasteiger partial charge is 0.363 e. The molecule has 0 bridgehead atoms. The molecular formula is C22H21F3N4O. The fourth-order valence-electron chi connectivity index (χ4n) is 3.57. The van der Waals surface area contributed by atoms with Crippen LogP contribution in [0.3, 0.4) is 0 Å². The van der Waals surface area contributed by atoms with Crippen LogP contribution in [0.1, 0.15) is 45.7 Å². The first-order valence-electron chi connectivity index (χ1n) is 9.63. The second kappa shape index (κ2) is 7.85. The largest absolute Gasteiger partial charge is 0.410 e. The number of rotatable bonds is 4. The van der Waals surface area contributed by atoms with Crippen molar-refractivity contribution in [1.29, 1.82) is 0 Å². The van der Waals surface area contributed by atoms with Gasteiger partial charge in [0.25, 0.3) is 5.91 Å². The monoisotopic (exact) mass is 414 g/mol. The molecule has 3 aromatic rings. The van der Waals surface area contributed by atoms with E-state index >= 15 is 0 Å². The predicted octanol–water partition coefficient (Wildman–Crippen LogP) is 4.78. The van der Waals surface area contributed by atoms with Gasteiger partial charge in [-0.25, -0.2) is 4.68 Å². The van der Waals surface area contributed by atoms with E-state index in [-0.39, 0.29) is 24.5 Å². The summed E-state index contributed by atoms with van der Waals surface area (Å²) in [4.78, 5) is 12.5. The first kappa shape index (κ1) is 20.0. The summed E-state index contributed by atoms with van der Waals surface area (Å²) in [5.41, 5.74) is 2.63. The molecule has 2 N–H and O–H groups in total. The van der Waals surface area contributed by atoms with E-state index in [1.165, 1.54) is 6.07 Å². The Labute approximate surface area is 171 Å². The van der Waals surface area contributed by atoms with Gasteiger partial charge in [0, 0.05) is 19.0 Å². The van der Waals surface area contributed by atoms with Crippen LogP contribution in [0, 0.1) is 6.92 Å². The molecule has 0 radical (unpaired) electrons. The number of alkyl halides is 3. The standard InChI is InChI=1S/C22H21F3N4O/c1-14-7-9-16(10-8-14)17-11-19(22(23,24)25)29-20(27-17)12-18(28-29)21(30)26-13-15-5-3-2-4-6-15/h2-10,12,17,19,27H,11,13H2,1H3,(H,26,30)/t17-,19+/m1/s1. The minimum atomic E-state index is -4.48. The van der Waals surface area contributed by atoms with Gasteiger partial charge in [-0.05, 0) is 18.1 Å². The van der Waals surface area contributed by atoms with E-state index in [0.717, 1.165) is 21.4 Å². The Hall–Kier alpha value is -3.29. The highest BCUT2D eigenvalue weighted by molar-refractivity contribution is 5.93. The molecule has 2 atom stereocenters. The first-order valence-corrected chi connectivity index (χ1v) is 9.63. The molecule has 30 heavy (non-hydrogen) atoms. The molecule has 8 heteroatoms. The summed E-state index contributed by atoms with van der Waals surface area (Å²) in [6.45, 7) is 2.19. The molecule has 1 amide bonds. The maximum Gasteiger partial charge on any atom is 0.410 e. The third-order valence-corrected chi connectivity index (χ3v) is 5.20. The Balaban J connectivity index is 1.58. The van der Waals surface area contributed by atoms with Crippen molar-refractivity contribution in [3.63, 3.8) is 0 Å². The van der Waals surface area contributed by atoms with Crippen LogP contribution in [0.25, 0.3) is 0 Å². The zero-order valence-corrected chi connectivity index (χ0v) is 16.3. The molecule has 0 unspecified atom stereocenters. The van der Waals surface area contributed by atoms with Crippen LogP contribution in [-0.2, 0) is 6.54 Å². The molecule has 1 aliphatic heterocycles. The normalized spacial score (nSPS) is 18.4. The number of nitrogens with zero attached hydrogens (tertiary/aromatic N) is 2. The average Bonchev–Trinajstić information content (AvgIpc) is 3.16. The lowest BCUT2D eigenvalue weighted by molar-refractivity contribution is -0.173. The van der Waals surface area contributed by atoms with E-state index in [2.05, 4.69) is 15.7 Å². The van der Waals surface area contributed by atoms with Gasteiger partial charge in [-0.3, -0.25) is 4.79 Å². The Morgan fingerprint density at radius 1 is 1.17 bits per heavy atom. The SMILES string of the molecule is Cc1ccc([C@H]2C[C@@H](C(F)(F)F)n3nc(C(=O)NCc4ccccc4)cc3N2)cc1. The Morgan fingerprint density at radius 2 is 1.87 bits per heavy atom. The summed E-state index contributed by atoms with van der Waals surface area (Å²) in [7, 11) is 0. The molecule has 0 spiro atoms. The van der Waals surface area contributed by atoms with E-state index in [9.17, 15) is 18.0 Å². The first-order chi connectivity index (χ1) is 14.3. The quantitative estimate of drug-likeness (QED) is 0.646. The molecule has 0 saturated carbocycles. The van der Waals surface area contributed by atoms with Crippen molar-refractivity contribution in [3.05, 3.63) is 83.0 Å². The van der Waals surface area contributed by atoms with Crippen LogP contribution in [0.4, 0.5) is 19.0 Å². The molecule has 156 valence electrons. The molecule has 2 aromatic carbocycles. The van der Waals surface area contributed by atoms with Crippen LogP contribution in [0.15, 0.2) is 60.7 Å². The van der Waals surface area contributed by atoms with Crippen molar-refractivity contribution in [2.45, 2.75) is 38.1 Å². The number of aromatic nitrogens is 2. The Kier molecular flexibility index (Phi) is 5.24. The molecule has 0 fully saturated rings. The predicted molar refractivity (Wildman–Crippen MR) is 107 cm³/mol. The molecular weight excluding hydrogens is 393 g/mol. The maximum absolute atomic E-state index is 13.8. The fraction of sp³-hybridized carbons (Fsp3) is 0.273. The average molecular weight is 414 g/mol. The number of hydrogen-bond donors (Lipinski definition) is 2. The van der Waals surface area contributed by atoms with Gasteiger partial charge in [-0.15, -0.1) is 0 Å². The highest BCUT2D eigenvalue weighted by Crippen LogP contribution is 2.43. The number of carbonyl (C=O) groups excluding carboxylic acids is 1. The molecule has 1 aromatic heterocycles. The van der Waals surface area contributed by atoms with E-state index < -0.39 is 24.2 Å². The maximum atomic E-state index is 13.8. The molecule has 0 saturated heterocycles. The number of nitrogens with one attached hydrogen (secondary N) is 2. The van der Waals surface area contributed by atoms with Crippen molar-refractivity contribution < 1.29 is 18.0 Å². The van der Waals surface area contributed by atoms with Gasteiger partial charge in [0.1, 0.15) is 5.82 Å².